The van der Waals surface area contributed by atoms with Gasteiger partial charge in [0, 0.05) is 18.1 Å². The van der Waals surface area contributed by atoms with Gasteiger partial charge in [-0.3, -0.25) is 4.79 Å². The van der Waals surface area contributed by atoms with Gasteiger partial charge in [0.2, 0.25) is 0 Å². The molecule has 6 heteroatoms. The molecule has 24 heavy (non-hydrogen) atoms. The standard InChI is InChI=1S/C18H17N3O3/c1-2-13-7-3-4-8-14(13)20-17(22)12-24-18(23)15-11-21-10-6-5-9-16(21)19-15/h3-11H,2,12H2,1H3,(H,20,22). The first-order chi connectivity index (χ1) is 11.7. The molecule has 0 aliphatic heterocycles. The van der Waals surface area contributed by atoms with Crippen LogP contribution in [0.2, 0.25) is 0 Å². The molecule has 0 atom stereocenters. The summed E-state index contributed by atoms with van der Waals surface area (Å²) in [7, 11) is 0. The Kier molecular flexibility index (Phi) is 4.56. The number of carbonyl (C=O) groups excluding carboxylic acids is 2. The quantitative estimate of drug-likeness (QED) is 0.733. The number of ether oxygens (including phenoxy) is 1. The Morgan fingerprint density at radius 1 is 1.17 bits per heavy atom. The molecule has 0 saturated heterocycles. The molecule has 1 amide bonds. The average Bonchev–Trinajstić information content (AvgIpc) is 3.04. The van der Waals surface area contributed by atoms with E-state index in [1.54, 1.807) is 22.9 Å². The molecule has 1 aromatic carbocycles. The molecule has 0 aliphatic rings. The lowest BCUT2D eigenvalue weighted by molar-refractivity contribution is -0.119. The van der Waals surface area contributed by atoms with Gasteiger partial charge in [-0.05, 0) is 30.2 Å². The molecular weight excluding hydrogens is 306 g/mol. The predicted molar refractivity (Wildman–Crippen MR) is 89.9 cm³/mol. The van der Waals surface area contributed by atoms with Gasteiger partial charge in [-0.15, -0.1) is 0 Å². The van der Waals surface area contributed by atoms with E-state index in [1.807, 2.05) is 43.3 Å². The summed E-state index contributed by atoms with van der Waals surface area (Å²) in [6.07, 6.45) is 4.16. The van der Waals surface area contributed by atoms with E-state index in [4.69, 9.17) is 4.74 Å². The Labute approximate surface area is 139 Å². The number of nitrogens with one attached hydrogen (secondary N) is 1. The molecular formula is C18H17N3O3. The van der Waals surface area contributed by atoms with Gasteiger partial charge in [0.05, 0.1) is 0 Å². The van der Waals surface area contributed by atoms with E-state index < -0.39 is 5.97 Å². The van der Waals surface area contributed by atoms with Crippen LogP contribution in [-0.4, -0.2) is 27.9 Å². The number of rotatable bonds is 5. The number of benzene rings is 1. The van der Waals surface area contributed by atoms with Gasteiger partial charge in [-0.1, -0.05) is 31.2 Å². The third-order valence-corrected chi connectivity index (χ3v) is 3.58. The lowest BCUT2D eigenvalue weighted by Gasteiger charge is -2.09. The molecule has 0 spiro atoms. The number of carbonyl (C=O) groups is 2. The number of pyridine rings is 1. The number of fused-ring (bicyclic) bond motifs is 1. The average molecular weight is 323 g/mol. The third-order valence-electron chi connectivity index (χ3n) is 3.58. The first kappa shape index (κ1) is 15.7. The minimum atomic E-state index is -0.627. The van der Waals surface area contributed by atoms with Crippen molar-refractivity contribution in [2.45, 2.75) is 13.3 Å². The summed E-state index contributed by atoms with van der Waals surface area (Å²) in [4.78, 5) is 28.1. The topological polar surface area (TPSA) is 72.7 Å². The first-order valence-electron chi connectivity index (χ1n) is 7.66. The first-order valence-corrected chi connectivity index (χ1v) is 7.66. The van der Waals surface area contributed by atoms with Crippen LogP contribution in [0.4, 0.5) is 5.69 Å². The number of imidazole rings is 1. The van der Waals surface area contributed by atoms with Crippen molar-refractivity contribution in [2.24, 2.45) is 0 Å². The number of aryl methyl sites for hydroxylation is 1. The van der Waals surface area contributed by atoms with E-state index >= 15 is 0 Å². The van der Waals surface area contributed by atoms with Crippen molar-refractivity contribution in [1.29, 1.82) is 0 Å². The van der Waals surface area contributed by atoms with Gasteiger partial charge < -0.3 is 14.5 Å². The molecule has 122 valence electrons. The molecule has 0 unspecified atom stereocenters. The summed E-state index contributed by atoms with van der Waals surface area (Å²) in [6.45, 7) is 1.65. The van der Waals surface area contributed by atoms with Crippen molar-refractivity contribution in [3.63, 3.8) is 0 Å². The fraction of sp³-hybridized carbons (Fsp3) is 0.167. The summed E-state index contributed by atoms with van der Waals surface area (Å²) in [5, 5.41) is 2.75. The van der Waals surface area contributed by atoms with Crippen LogP contribution in [0.5, 0.6) is 0 Å². The Morgan fingerprint density at radius 3 is 2.75 bits per heavy atom. The van der Waals surface area contributed by atoms with Gasteiger partial charge in [0.15, 0.2) is 12.3 Å². The van der Waals surface area contributed by atoms with Gasteiger partial charge in [0.25, 0.3) is 5.91 Å². The molecule has 0 fully saturated rings. The number of hydrogen-bond acceptors (Lipinski definition) is 4. The number of nitrogens with zero attached hydrogens (tertiary/aromatic N) is 2. The Balaban J connectivity index is 1.60. The van der Waals surface area contributed by atoms with E-state index in [0.717, 1.165) is 17.7 Å². The molecule has 2 heterocycles. The van der Waals surface area contributed by atoms with Crippen molar-refractivity contribution in [1.82, 2.24) is 9.38 Å². The second kappa shape index (κ2) is 6.95. The van der Waals surface area contributed by atoms with Crippen LogP contribution < -0.4 is 5.32 Å². The van der Waals surface area contributed by atoms with E-state index in [9.17, 15) is 9.59 Å². The van der Waals surface area contributed by atoms with Crippen LogP contribution in [0.1, 0.15) is 23.0 Å². The normalized spacial score (nSPS) is 10.5. The molecule has 6 nitrogen and oxygen atoms in total. The zero-order valence-corrected chi connectivity index (χ0v) is 13.2. The second-order valence-corrected chi connectivity index (χ2v) is 5.23. The number of anilines is 1. The Hall–Kier alpha value is -3.15. The zero-order chi connectivity index (χ0) is 16.9. The SMILES string of the molecule is CCc1ccccc1NC(=O)COC(=O)c1cn2ccccc2n1. The van der Waals surface area contributed by atoms with Gasteiger partial charge in [-0.2, -0.15) is 0 Å². The highest BCUT2D eigenvalue weighted by molar-refractivity contribution is 5.95. The summed E-state index contributed by atoms with van der Waals surface area (Å²) in [5.74, 6) is -1.01. The van der Waals surface area contributed by atoms with E-state index in [0.29, 0.717) is 5.65 Å². The zero-order valence-electron chi connectivity index (χ0n) is 13.2. The molecule has 1 N–H and O–H groups in total. The molecule has 0 aliphatic carbocycles. The lowest BCUT2D eigenvalue weighted by atomic mass is 10.1. The molecule has 0 bridgehead atoms. The van der Waals surface area contributed by atoms with E-state index in [-0.39, 0.29) is 18.2 Å². The molecule has 2 aromatic heterocycles. The summed E-state index contributed by atoms with van der Waals surface area (Å²) in [6, 6.07) is 13.0. The molecule has 3 rings (SSSR count). The van der Waals surface area contributed by atoms with Crippen LogP contribution in [0, 0.1) is 0 Å². The minimum absolute atomic E-state index is 0.169. The molecule has 0 saturated carbocycles. The van der Waals surface area contributed by atoms with Crippen molar-refractivity contribution >= 4 is 23.2 Å². The Bertz CT molecular complexity index is 853. The fourth-order valence-corrected chi connectivity index (χ4v) is 2.37. The van der Waals surface area contributed by atoms with E-state index in [1.165, 1.54) is 0 Å². The number of para-hydroxylation sites is 1. The third kappa shape index (κ3) is 3.43. The van der Waals surface area contributed by atoms with Crippen LogP contribution in [0.3, 0.4) is 0 Å². The van der Waals surface area contributed by atoms with Gasteiger partial charge in [0.1, 0.15) is 5.65 Å². The summed E-state index contributed by atoms with van der Waals surface area (Å²) in [5.41, 5.74) is 2.57. The predicted octanol–water partition coefficient (Wildman–Crippen LogP) is 2.69. The van der Waals surface area contributed by atoms with Crippen molar-refractivity contribution in [2.75, 3.05) is 11.9 Å². The number of hydrogen-bond donors (Lipinski definition) is 1. The highest BCUT2D eigenvalue weighted by Crippen LogP contribution is 2.15. The number of amides is 1. The number of esters is 1. The van der Waals surface area contributed by atoms with Crippen molar-refractivity contribution in [3.8, 4) is 0 Å². The van der Waals surface area contributed by atoms with Crippen molar-refractivity contribution < 1.29 is 14.3 Å². The van der Waals surface area contributed by atoms with Gasteiger partial charge >= 0.3 is 5.97 Å². The van der Waals surface area contributed by atoms with E-state index in [2.05, 4.69) is 10.3 Å². The molecule has 0 radical (unpaired) electrons. The van der Waals surface area contributed by atoms with Gasteiger partial charge in [-0.25, -0.2) is 9.78 Å². The maximum atomic E-state index is 12.0. The summed E-state index contributed by atoms with van der Waals surface area (Å²) < 4.78 is 6.75. The Morgan fingerprint density at radius 2 is 1.96 bits per heavy atom. The number of aromatic nitrogens is 2. The maximum Gasteiger partial charge on any atom is 0.359 e. The monoisotopic (exact) mass is 323 g/mol. The smallest absolute Gasteiger partial charge is 0.359 e. The maximum absolute atomic E-state index is 12.0. The summed E-state index contributed by atoms with van der Waals surface area (Å²) >= 11 is 0. The van der Waals surface area contributed by atoms with Crippen LogP contribution >= 0.6 is 0 Å². The second-order valence-electron chi connectivity index (χ2n) is 5.23. The van der Waals surface area contributed by atoms with Crippen LogP contribution in [-0.2, 0) is 16.0 Å². The molecule has 3 aromatic rings. The highest BCUT2D eigenvalue weighted by Gasteiger charge is 2.14. The van der Waals surface area contributed by atoms with Crippen LogP contribution in [0.25, 0.3) is 5.65 Å². The fourth-order valence-electron chi connectivity index (χ4n) is 2.37. The lowest BCUT2D eigenvalue weighted by Crippen LogP contribution is -2.21. The minimum Gasteiger partial charge on any atom is -0.451 e. The van der Waals surface area contributed by atoms with Crippen LogP contribution in [0.15, 0.2) is 54.9 Å². The van der Waals surface area contributed by atoms with Crippen molar-refractivity contribution in [3.05, 3.63) is 66.1 Å². The largest absolute Gasteiger partial charge is 0.451 e. The highest BCUT2D eigenvalue weighted by atomic mass is 16.5.